The number of aryl methyl sites for hydroxylation is 1. The van der Waals surface area contributed by atoms with E-state index in [2.05, 4.69) is 6.58 Å². The van der Waals surface area contributed by atoms with Gasteiger partial charge >= 0.3 is 16.1 Å². The van der Waals surface area contributed by atoms with Gasteiger partial charge in [-0.15, -0.1) is 6.58 Å². The normalized spacial score (nSPS) is 19.3. The summed E-state index contributed by atoms with van der Waals surface area (Å²) in [7, 11) is -2.83. The van der Waals surface area contributed by atoms with Crippen LogP contribution in [0, 0.1) is 17.8 Å². The Morgan fingerprint density at radius 1 is 0.979 bits per heavy atom. The average Bonchev–Trinajstić information content (AvgIpc) is 2.95. The summed E-state index contributed by atoms with van der Waals surface area (Å²) >= 11 is 0. The summed E-state index contributed by atoms with van der Waals surface area (Å²) in [6, 6.07) is 9.75. The maximum Gasteiger partial charge on any atom is 0.339 e. The standard InChI is InChI=1S/C37H43NO8S/c1-8-9-23-16-24(17-30(45-7)35(23)46-47(43,44)25-12-10-22(2)11-13-25)32-33-26(18-36(3,4)20-28(33)39)38(15-14-31(41)42)27-19-37(5,6)21-29(40)34(27)32/h8,10-13,16-17,32H,1,9,14-15,18-21H2,2-7H3,(H,41,42). The van der Waals surface area contributed by atoms with Crippen LogP contribution in [0.15, 0.2) is 76.5 Å². The maximum atomic E-state index is 14.1. The van der Waals surface area contributed by atoms with Crippen LogP contribution in [0.4, 0.5) is 0 Å². The lowest BCUT2D eigenvalue weighted by Crippen LogP contribution is -2.45. The number of allylic oxidation sites excluding steroid dienone is 5. The molecule has 47 heavy (non-hydrogen) atoms. The number of carboxylic acids is 1. The van der Waals surface area contributed by atoms with Crippen molar-refractivity contribution in [2.24, 2.45) is 10.8 Å². The van der Waals surface area contributed by atoms with Crippen LogP contribution in [0.25, 0.3) is 0 Å². The van der Waals surface area contributed by atoms with E-state index in [9.17, 15) is 27.9 Å². The lowest BCUT2D eigenvalue weighted by molar-refractivity contribution is -0.137. The first-order valence-corrected chi connectivity index (χ1v) is 17.2. The molecule has 2 aromatic carbocycles. The van der Waals surface area contributed by atoms with Crippen LogP contribution in [0.1, 0.15) is 82.4 Å². The maximum absolute atomic E-state index is 14.1. The van der Waals surface area contributed by atoms with Gasteiger partial charge in [-0.2, -0.15) is 8.42 Å². The number of benzene rings is 2. The van der Waals surface area contributed by atoms with Crippen LogP contribution in [0.2, 0.25) is 0 Å². The van der Waals surface area contributed by atoms with Gasteiger partial charge in [-0.3, -0.25) is 14.4 Å². The second-order valence-corrected chi connectivity index (χ2v) is 15.9. The molecule has 0 saturated heterocycles. The van der Waals surface area contributed by atoms with Crippen molar-refractivity contribution in [3.63, 3.8) is 0 Å². The second-order valence-electron chi connectivity index (χ2n) is 14.4. The molecule has 0 atom stereocenters. The lowest BCUT2D eigenvalue weighted by Gasteiger charge is -2.49. The molecular weight excluding hydrogens is 618 g/mol. The molecule has 0 spiro atoms. The molecule has 0 fully saturated rings. The molecule has 0 amide bonds. The van der Waals surface area contributed by atoms with Gasteiger partial charge in [0.25, 0.3) is 0 Å². The van der Waals surface area contributed by atoms with Gasteiger partial charge in [0, 0.05) is 53.4 Å². The molecule has 1 heterocycles. The van der Waals surface area contributed by atoms with Crippen molar-refractivity contribution in [1.82, 2.24) is 4.90 Å². The van der Waals surface area contributed by atoms with Crippen LogP contribution in [-0.2, 0) is 30.9 Å². The van der Waals surface area contributed by atoms with Gasteiger partial charge in [-0.05, 0) is 60.8 Å². The van der Waals surface area contributed by atoms with E-state index in [1.54, 1.807) is 30.3 Å². The minimum absolute atomic E-state index is 0.00577. The highest BCUT2D eigenvalue weighted by atomic mass is 32.2. The number of carbonyl (C=O) groups excluding carboxylic acids is 2. The molecule has 2 aromatic rings. The minimum atomic E-state index is -4.24. The van der Waals surface area contributed by atoms with Crippen molar-refractivity contribution in [1.29, 1.82) is 0 Å². The number of aliphatic carboxylic acids is 1. The highest BCUT2D eigenvalue weighted by Crippen LogP contribution is 2.55. The van der Waals surface area contributed by atoms with Crippen molar-refractivity contribution < 1.29 is 36.8 Å². The molecule has 10 heteroatoms. The largest absolute Gasteiger partial charge is 0.493 e. The monoisotopic (exact) mass is 661 g/mol. The third-order valence-corrected chi connectivity index (χ3v) is 10.4. The fourth-order valence-corrected chi connectivity index (χ4v) is 8.10. The number of carbonyl (C=O) groups is 3. The molecular formula is C37H43NO8S. The van der Waals surface area contributed by atoms with E-state index in [-0.39, 0.29) is 71.0 Å². The van der Waals surface area contributed by atoms with Crippen molar-refractivity contribution in [2.45, 2.75) is 84.0 Å². The number of rotatable bonds is 10. The molecule has 5 rings (SSSR count). The van der Waals surface area contributed by atoms with E-state index in [0.717, 1.165) is 17.0 Å². The fourth-order valence-electron chi connectivity index (χ4n) is 7.12. The second kappa shape index (κ2) is 12.4. The van der Waals surface area contributed by atoms with E-state index in [1.807, 2.05) is 39.5 Å². The first-order valence-electron chi connectivity index (χ1n) is 15.8. The van der Waals surface area contributed by atoms with Crippen molar-refractivity contribution >= 4 is 27.7 Å². The van der Waals surface area contributed by atoms with E-state index in [0.29, 0.717) is 35.1 Å². The molecule has 0 bridgehead atoms. The third-order valence-electron chi connectivity index (χ3n) is 9.15. The van der Waals surface area contributed by atoms with E-state index in [4.69, 9.17) is 8.92 Å². The molecule has 1 N–H and O–H groups in total. The van der Waals surface area contributed by atoms with Crippen molar-refractivity contribution in [3.8, 4) is 11.5 Å². The summed E-state index contributed by atoms with van der Waals surface area (Å²) in [5.41, 5.74) is 3.66. The number of hydrogen-bond donors (Lipinski definition) is 1. The first kappa shape index (κ1) is 34.2. The number of Topliss-reactive ketones (excluding diaryl/α,β-unsaturated/α-hetero) is 2. The highest BCUT2D eigenvalue weighted by Gasteiger charge is 2.49. The van der Waals surface area contributed by atoms with Crippen LogP contribution >= 0.6 is 0 Å². The van der Waals surface area contributed by atoms with E-state index >= 15 is 0 Å². The van der Waals surface area contributed by atoms with Crippen LogP contribution < -0.4 is 8.92 Å². The van der Waals surface area contributed by atoms with Crippen LogP contribution in [0.5, 0.6) is 11.5 Å². The van der Waals surface area contributed by atoms with Crippen LogP contribution in [0.3, 0.4) is 0 Å². The zero-order valence-electron chi connectivity index (χ0n) is 27.9. The zero-order chi connectivity index (χ0) is 34.5. The summed E-state index contributed by atoms with van der Waals surface area (Å²) in [6.07, 6.45) is 3.29. The lowest BCUT2D eigenvalue weighted by atomic mass is 9.63. The summed E-state index contributed by atoms with van der Waals surface area (Å²) < 4.78 is 38.3. The molecule has 0 saturated carbocycles. The Bertz CT molecular complexity index is 1780. The fraction of sp³-hybridized carbons (Fsp3) is 0.432. The number of hydrogen-bond acceptors (Lipinski definition) is 8. The number of carboxylic acid groups (broad SMARTS) is 1. The Balaban J connectivity index is 1.74. The van der Waals surface area contributed by atoms with Gasteiger partial charge in [-0.1, -0.05) is 57.5 Å². The van der Waals surface area contributed by atoms with E-state index < -0.39 is 22.0 Å². The van der Waals surface area contributed by atoms with Crippen molar-refractivity contribution in [3.05, 3.63) is 88.3 Å². The summed E-state index contributed by atoms with van der Waals surface area (Å²) in [6.45, 7) is 13.9. The van der Waals surface area contributed by atoms with Gasteiger partial charge in [0.15, 0.2) is 23.1 Å². The molecule has 2 aliphatic carbocycles. The van der Waals surface area contributed by atoms with Gasteiger partial charge in [0.1, 0.15) is 4.90 Å². The Morgan fingerprint density at radius 2 is 1.53 bits per heavy atom. The Labute approximate surface area is 277 Å². The minimum Gasteiger partial charge on any atom is -0.493 e. The number of methoxy groups -OCH3 is 1. The van der Waals surface area contributed by atoms with Gasteiger partial charge in [-0.25, -0.2) is 0 Å². The Kier molecular flexibility index (Phi) is 9.05. The summed E-state index contributed by atoms with van der Waals surface area (Å²) in [5, 5.41) is 9.64. The SMILES string of the molecule is C=CCc1cc(C2C3=C(CC(C)(C)CC3=O)N(CCC(=O)O)C3=C2C(=O)CC(C)(C)C3)cc(OC)c1OS(=O)(=O)c1ccc(C)cc1. The van der Waals surface area contributed by atoms with Gasteiger partial charge in [0.2, 0.25) is 0 Å². The molecule has 250 valence electrons. The first-order chi connectivity index (χ1) is 22.0. The van der Waals surface area contributed by atoms with Gasteiger partial charge in [0.05, 0.1) is 13.5 Å². The van der Waals surface area contributed by atoms with Gasteiger partial charge < -0.3 is 18.9 Å². The molecule has 0 unspecified atom stereocenters. The zero-order valence-corrected chi connectivity index (χ0v) is 28.8. The third kappa shape index (κ3) is 6.79. The predicted octanol–water partition coefficient (Wildman–Crippen LogP) is 6.66. The molecule has 1 aliphatic heterocycles. The topological polar surface area (TPSA) is 127 Å². The quantitative estimate of drug-likeness (QED) is 0.220. The Hall–Kier alpha value is -4.18. The number of ether oxygens (including phenoxy) is 1. The number of nitrogens with zero attached hydrogens (tertiary/aromatic N) is 1. The summed E-state index contributed by atoms with van der Waals surface area (Å²) in [5.74, 6) is -1.76. The molecule has 9 nitrogen and oxygen atoms in total. The molecule has 3 aliphatic rings. The molecule has 0 radical (unpaired) electrons. The van der Waals surface area contributed by atoms with E-state index in [1.165, 1.54) is 19.2 Å². The van der Waals surface area contributed by atoms with Crippen LogP contribution in [-0.4, -0.2) is 49.6 Å². The Morgan fingerprint density at radius 3 is 2.02 bits per heavy atom. The van der Waals surface area contributed by atoms with Crippen molar-refractivity contribution in [2.75, 3.05) is 13.7 Å². The smallest absolute Gasteiger partial charge is 0.339 e. The average molecular weight is 662 g/mol. The predicted molar refractivity (Wildman–Crippen MR) is 178 cm³/mol. The molecule has 0 aromatic heterocycles. The summed E-state index contributed by atoms with van der Waals surface area (Å²) in [4.78, 5) is 42.0. The highest BCUT2D eigenvalue weighted by molar-refractivity contribution is 7.87. The number of ketones is 2.